The van der Waals surface area contributed by atoms with Crippen LogP contribution in [0.1, 0.15) is 31.3 Å². The summed E-state index contributed by atoms with van der Waals surface area (Å²) in [6, 6.07) is 1.38. The molecule has 0 unspecified atom stereocenters. The first-order valence-electron chi connectivity index (χ1n) is 4.38. The molecular weight excluding hydrogens is 219 g/mol. The molecule has 0 amide bonds. The summed E-state index contributed by atoms with van der Waals surface area (Å²) in [6.45, 7) is 5.48. The first kappa shape index (κ1) is 12.1. The lowest BCUT2D eigenvalue weighted by Gasteiger charge is -2.09. The Bertz CT molecular complexity index is 402. The Kier molecular flexibility index (Phi) is 3.44. The van der Waals surface area contributed by atoms with E-state index in [0.717, 1.165) is 0 Å². The molecule has 6 nitrogen and oxygen atoms in total. The number of phosphoric ester groups is 1. The zero-order valence-electron chi connectivity index (χ0n) is 8.71. The summed E-state index contributed by atoms with van der Waals surface area (Å²) in [5.74, 6) is 0.474. The van der Waals surface area contributed by atoms with Crippen molar-refractivity contribution >= 4 is 7.82 Å². The standard InChI is InChI=1S/C8H13N2O4P/c1-5(2)8-9-6(3)4-7(10-8)14-15(11,12)13/h4-5H,1-3H3,(H2,11,12,13). The van der Waals surface area contributed by atoms with E-state index in [1.54, 1.807) is 6.92 Å². The Morgan fingerprint density at radius 2 is 2.00 bits per heavy atom. The van der Waals surface area contributed by atoms with Gasteiger partial charge in [0, 0.05) is 17.7 Å². The van der Waals surface area contributed by atoms with Gasteiger partial charge in [0.05, 0.1) is 0 Å². The van der Waals surface area contributed by atoms with Crippen LogP contribution in [0.3, 0.4) is 0 Å². The Labute approximate surface area is 87.6 Å². The smallest absolute Gasteiger partial charge is 0.386 e. The Morgan fingerprint density at radius 1 is 1.40 bits per heavy atom. The van der Waals surface area contributed by atoms with Gasteiger partial charge in [-0.25, -0.2) is 9.55 Å². The number of aryl methyl sites for hydroxylation is 1. The third kappa shape index (κ3) is 3.95. The molecule has 2 N–H and O–H groups in total. The van der Waals surface area contributed by atoms with E-state index in [1.165, 1.54) is 6.07 Å². The number of hydrogen-bond donors (Lipinski definition) is 2. The quantitative estimate of drug-likeness (QED) is 0.765. The molecule has 1 rings (SSSR count). The van der Waals surface area contributed by atoms with Crippen LogP contribution in [-0.2, 0) is 4.57 Å². The minimum Gasteiger partial charge on any atom is -0.386 e. The minimum absolute atomic E-state index is 0.0732. The SMILES string of the molecule is Cc1cc(OP(=O)(O)O)nc(C(C)C)n1. The highest BCUT2D eigenvalue weighted by molar-refractivity contribution is 7.46. The van der Waals surface area contributed by atoms with Crippen LogP contribution in [0.15, 0.2) is 6.07 Å². The van der Waals surface area contributed by atoms with E-state index in [9.17, 15) is 4.57 Å². The van der Waals surface area contributed by atoms with Crippen LogP contribution in [0.2, 0.25) is 0 Å². The minimum atomic E-state index is -4.55. The van der Waals surface area contributed by atoms with Gasteiger partial charge in [0.25, 0.3) is 0 Å². The molecule has 0 bridgehead atoms. The summed E-state index contributed by atoms with van der Waals surface area (Å²) in [5, 5.41) is 0. The average molecular weight is 232 g/mol. The molecule has 15 heavy (non-hydrogen) atoms. The predicted octanol–water partition coefficient (Wildman–Crippen LogP) is 1.38. The van der Waals surface area contributed by atoms with Crippen LogP contribution in [-0.4, -0.2) is 19.8 Å². The second kappa shape index (κ2) is 4.26. The molecular formula is C8H13N2O4P. The van der Waals surface area contributed by atoms with Crippen molar-refractivity contribution < 1.29 is 18.9 Å². The van der Waals surface area contributed by atoms with Crippen LogP contribution in [0.25, 0.3) is 0 Å². The van der Waals surface area contributed by atoms with Crippen LogP contribution in [0, 0.1) is 6.92 Å². The number of rotatable bonds is 3. The summed E-state index contributed by atoms with van der Waals surface area (Å²) < 4.78 is 15.0. The normalized spacial score (nSPS) is 11.9. The van der Waals surface area contributed by atoms with Crippen molar-refractivity contribution in [1.29, 1.82) is 0 Å². The van der Waals surface area contributed by atoms with Crippen molar-refractivity contribution in [3.63, 3.8) is 0 Å². The number of phosphoric acid groups is 1. The van der Waals surface area contributed by atoms with Crippen LogP contribution in [0.5, 0.6) is 5.88 Å². The van der Waals surface area contributed by atoms with Gasteiger partial charge in [-0.15, -0.1) is 0 Å². The monoisotopic (exact) mass is 232 g/mol. The van der Waals surface area contributed by atoms with Gasteiger partial charge in [-0.2, -0.15) is 4.98 Å². The van der Waals surface area contributed by atoms with Crippen molar-refractivity contribution in [2.75, 3.05) is 0 Å². The molecule has 0 saturated carbocycles. The summed E-state index contributed by atoms with van der Waals surface area (Å²) in [7, 11) is -4.55. The summed E-state index contributed by atoms with van der Waals surface area (Å²) >= 11 is 0. The van der Waals surface area contributed by atoms with Gasteiger partial charge in [-0.1, -0.05) is 13.8 Å². The number of hydrogen-bond acceptors (Lipinski definition) is 4. The van der Waals surface area contributed by atoms with Gasteiger partial charge < -0.3 is 4.52 Å². The summed E-state index contributed by atoms with van der Waals surface area (Å²) in [6.07, 6.45) is 0. The van der Waals surface area contributed by atoms with E-state index in [2.05, 4.69) is 14.5 Å². The molecule has 1 heterocycles. The van der Waals surface area contributed by atoms with Crippen molar-refractivity contribution in [2.24, 2.45) is 0 Å². The molecule has 0 spiro atoms. The van der Waals surface area contributed by atoms with E-state index >= 15 is 0 Å². The second-order valence-electron chi connectivity index (χ2n) is 3.44. The number of aromatic nitrogens is 2. The van der Waals surface area contributed by atoms with Crippen molar-refractivity contribution in [1.82, 2.24) is 9.97 Å². The van der Waals surface area contributed by atoms with Crippen LogP contribution in [0.4, 0.5) is 0 Å². The molecule has 0 aliphatic heterocycles. The molecule has 1 aromatic rings. The maximum absolute atomic E-state index is 10.6. The lowest BCUT2D eigenvalue weighted by atomic mass is 10.2. The molecule has 1 aromatic heterocycles. The van der Waals surface area contributed by atoms with Crippen LogP contribution >= 0.6 is 7.82 Å². The zero-order valence-corrected chi connectivity index (χ0v) is 9.60. The van der Waals surface area contributed by atoms with E-state index in [1.807, 2.05) is 13.8 Å². The van der Waals surface area contributed by atoms with Crippen molar-refractivity contribution in [3.05, 3.63) is 17.6 Å². The highest BCUT2D eigenvalue weighted by Gasteiger charge is 2.18. The average Bonchev–Trinajstić information content (AvgIpc) is 1.99. The first-order chi connectivity index (χ1) is 6.78. The molecule has 7 heteroatoms. The van der Waals surface area contributed by atoms with Crippen molar-refractivity contribution in [2.45, 2.75) is 26.7 Å². The summed E-state index contributed by atoms with van der Waals surface area (Å²) in [4.78, 5) is 25.3. The zero-order chi connectivity index (χ0) is 11.6. The van der Waals surface area contributed by atoms with Gasteiger partial charge in [-0.05, 0) is 6.92 Å². The molecule has 0 aromatic carbocycles. The molecule has 0 saturated heterocycles. The predicted molar refractivity (Wildman–Crippen MR) is 53.5 cm³/mol. The molecule has 0 fully saturated rings. The lowest BCUT2D eigenvalue weighted by molar-refractivity contribution is 0.278. The van der Waals surface area contributed by atoms with E-state index in [0.29, 0.717) is 11.5 Å². The van der Waals surface area contributed by atoms with E-state index < -0.39 is 7.82 Å². The molecule has 0 aliphatic rings. The largest absolute Gasteiger partial charge is 0.526 e. The highest BCUT2D eigenvalue weighted by atomic mass is 31.2. The third-order valence-electron chi connectivity index (χ3n) is 1.58. The Hall–Kier alpha value is -0.970. The summed E-state index contributed by atoms with van der Waals surface area (Å²) in [5.41, 5.74) is 0.608. The first-order valence-corrected chi connectivity index (χ1v) is 5.91. The molecule has 84 valence electrons. The van der Waals surface area contributed by atoms with Gasteiger partial charge in [0.1, 0.15) is 5.82 Å². The topological polar surface area (TPSA) is 92.5 Å². The maximum atomic E-state index is 10.6. The number of nitrogens with zero attached hydrogens (tertiary/aromatic N) is 2. The van der Waals surface area contributed by atoms with Gasteiger partial charge in [0.2, 0.25) is 5.88 Å². The Morgan fingerprint density at radius 3 is 2.47 bits per heavy atom. The lowest BCUT2D eigenvalue weighted by Crippen LogP contribution is -2.02. The Balaban J connectivity index is 3.04. The fraction of sp³-hybridized carbons (Fsp3) is 0.500. The molecule has 0 radical (unpaired) electrons. The van der Waals surface area contributed by atoms with Gasteiger partial charge in [-0.3, -0.25) is 9.79 Å². The fourth-order valence-electron chi connectivity index (χ4n) is 0.989. The van der Waals surface area contributed by atoms with Crippen LogP contribution < -0.4 is 4.52 Å². The second-order valence-corrected chi connectivity index (χ2v) is 4.61. The van der Waals surface area contributed by atoms with Gasteiger partial charge in [0.15, 0.2) is 0 Å². The van der Waals surface area contributed by atoms with Crippen molar-refractivity contribution in [3.8, 4) is 5.88 Å². The van der Waals surface area contributed by atoms with E-state index in [-0.39, 0.29) is 11.8 Å². The fourth-order valence-corrected chi connectivity index (χ4v) is 1.33. The van der Waals surface area contributed by atoms with Gasteiger partial charge >= 0.3 is 7.82 Å². The highest BCUT2D eigenvalue weighted by Crippen LogP contribution is 2.36. The molecule has 0 atom stereocenters. The van der Waals surface area contributed by atoms with E-state index in [4.69, 9.17) is 9.79 Å². The maximum Gasteiger partial charge on any atom is 0.526 e. The third-order valence-corrected chi connectivity index (χ3v) is 2.00. The molecule has 0 aliphatic carbocycles.